The summed E-state index contributed by atoms with van der Waals surface area (Å²) in [5, 5.41) is 16.1. The standard InChI is InChI=1S/C24H27N7O2/c1-16-3-5-25-14-19(16)20-13-18-21(15-26-20)28-24(32)23(18)17(2)27-22-4-6-31(29-22)8-7-30-9-11-33-12-10-30/h3-6,13-15,28,32H,7-12H2,1-2H3. The number of aromatic amines is 1. The van der Waals surface area contributed by atoms with Crippen molar-refractivity contribution in [2.24, 2.45) is 4.99 Å². The van der Waals surface area contributed by atoms with Gasteiger partial charge in [-0.25, -0.2) is 4.99 Å². The molecule has 0 unspecified atom stereocenters. The van der Waals surface area contributed by atoms with Gasteiger partial charge in [-0.05, 0) is 31.5 Å². The Morgan fingerprint density at radius 1 is 1.21 bits per heavy atom. The molecule has 0 bridgehead atoms. The van der Waals surface area contributed by atoms with Gasteiger partial charge < -0.3 is 14.8 Å². The van der Waals surface area contributed by atoms with Crippen molar-refractivity contribution < 1.29 is 9.84 Å². The summed E-state index contributed by atoms with van der Waals surface area (Å²) in [5.74, 6) is 0.681. The number of morpholine rings is 1. The van der Waals surface area contributed by atoms with E-state index in [0.717, 1.165) is 67.1 Å². The average molecular weight is 446 g/mol. The Bertz CT molecular complexity index is 1300. The van der Waals surface area contributed by atoms with Crippen LogP contribution in [0.1, 0.15) is 18.1 Å². The van der Waals surface area contributed by atoms with Gasteiger partial charge in [0.15, 0.2) is 11.7 Å². The van der Waals surface area contributed by atoms with Crippen LogP contribution in [0.2, 0.25) is 0 Å². The summed E-state index contributed by atoms with van der Waals surface area (Å²) >= 11 is 0. The molecule has 0 atom stereocenters. The summed E-state index contributed by atoms with van der Waals surface area (Å²) < 4.78 is 7.31. The summed E-state index contributed by atoms with van der Waals surface area (Å²) in [4.78, 5) is 18.8. The maximum Gasteiger partial charge on any atom is 0.198 e. The molecule has 9 heteroatoms. The predicted molar refractivity (Wildman–Crippen MR) is 127 cm³/mol. The van der Waals surface area contributed by atoms with Gasteiger partial charge in [0.25, 0.3) is 0 Å². The quantitative estimate of drug-likeness (QED) is 0.441. The van der Waals surface area contributed by atoms with E-state index in [0.29, 0.717) is 17.1 Å². The summed E-state index contributed by atoms with van der Waals surface area (Å²) in [6, 6.07) is 5.81. The lowest BCUT2D eigenvalue weighted by Crippen LogP contribution is -2.38. The number of pyridine rings is 2. The van der Waals surface area contributed by atoms with E-state index < -0.39 is 0 Å². The van der Waals surface area contributed by atoms with E-state index in [-0.39, 0.29) is 5.88 Å². The second kappa shape index (κ2) is 9.13. The molecule has 4 aromatic rings. The maximum atomic E-state index is 10.6. The van der Waals surface area contributed by atoms with E-state index in [2.05, 4.69) is 29.9 Å². The van der Waals surface area contributed by atoms with Crippen LogP contribution in [0, 0.1) is 6.92 Å². The van der Waals surface area contributed by atoms with Crippen LogP contribution >= 0.6 is 0 Å². The molecule has 1 saturated heterocycles. The van der Waals surface area contributed by atoms with Crippen LogP contribution in [-0.4, -0.2) is 73.3 Å². The molecule has 170 valence electrons. The van der Waals surface area contributed by atoms with E-state index in [1.165, 1.54) is 0 Å². The van der Waals surface area contributed by atoms with E-state index in [9.17, 15) is 5.11 Å². The highest BCUT2D eigenvalue weighted by atomic mass is 16.5. The van der Waals surface area contributed by atoms with Crippen molar-refractivity contribution in [3.05, 3.63) is 54.1 Å². The fourth-order valence-electron chi connectivity index (χ4n) is 4.16. The molecule has 0 radical (unpaired) electrons. The summed E-state index contributed by atoms with van der Waals surface area (Å²) in [6.07, 6.45) is 7.24. The van der Waals surface area contributed by atoms with Crippen molar-refractivity contribution in [2.75, 3.05) is 32.8 Å². The Labute approximate surface area is 191 Å². The molecule has 1 aliphatic rings. The predicted octanol–water partition coefficient (Wildman–Crippen LogP) is 3.31. The lowest BCUT2D eigenvalue weighted by molar-refractivity contribution is 0.0360. The minimum absolute atomic E-state index is 0.0693. The number of ether oxygens (including phenoxy) is 1. The van der Waals surface area contributed by atoms with E-state index in [1.54, 1.807) is 18.6 Å². The first-order chi connectivity index (χ1) is 16.1. The molecular weight excluding hydrogens is 418 g/mol. The average Bonchev–Trinajstić information content (AvgIpc) is 3.41. The second-order valence-corrected chi connectivity index (χ2v) is 8.24. The highest BCUT2D eigenvalue weighted by molar-refractivity contribution is 6.13. The maximum absolute atomic E-state index is 10.6. The van der Waals surface area contributed by atoms with Crippen LogP contribution in [0.15, 0.2) is 48.0 Å². The van der Waals surface area contributed by atoms with Crippen molar-refractivity contribution in [3.63, 3.8) is 0 Å². The molecule has 33 heavy (non-hydrogen) atoms. The van der Waals surface area contributed by atoms with Gasteiger partial charge >= 0.3 is 0 Å². The fraction of sp³-hybridized carbons (Fsp3) is 0.333. The number of rotatable bonds is 6. The van der Waals surface area contributed by atoms with Crippen molar-refractivity contribution >= 4 is 22.4 Å². The topological polar surface area (TPSA) is 104 Å². The third-order valence-corrected chi connectivity index (χ3v) is 6.00. The van der Waals surface area contributed by atoms with Crippen LogP contribution in [0.3, 0.4) is 0 Å². The summed E-state index contributed by atoms with van der Waals surface area (Å²) in [5.41, 5.74) is 4.92. The monoisotopic (exact) mass is 445 g/mol. The Morgan fingerprint density at radius 2 is 2.06 bits per heavy atom. The molecule has 5 rings (SSSR count). The van der Waals surface area contributed by atoms with Gasteiger partial charge in [-0.15, -0.1) is 0 Å². The zero-order chi connectivity index (χ0) is 22.8. The first-order valence-electron chi connectivity index (χ1n) is 11.1. The van der Waals surface area contributed by atoms with Crippen LogP contribution in [0.4, 0.5) is 5.82 Å². The smallest absolute Gasteiger partial charge is 0.198 e. The zero-order valence-electron chi connectivity index (χ0n) is 18.8. The second-order valence-electron chi connectivity index (χ2n) is 8.24. The fourth-order valence-corrected chi connectivity index (χ4v) is 4.16. The zero-order valence-corrected chi connectivity index (χ0v) is 18.8. The molecule has 5 heterocycles. The van der Waals surface area contributed by atoms with E-state index in [4.69, 9.17) is 4.74 Å². The molecule has 0 saturated carbocycles. The molecule has 0 amide bonds. The number of nitrogens with zero attached hydrogens (tertiary/aromatic N) is 6. The van der Waals surface area contributed by atoms with Gasteiger partial charge in [0.05, 0.1) is 48.4 Å². The number of aromatic nitrogens is 5. The van der Waals surface area contributed by atoms with E-state index in [1.807, 2.05) is 42.9 Å². The lowest BCUT2D eigenvalue weighted by Gasteiger charge is -2.26. The molecule has 9 nitrogen and oxygen atoms in total. The van der Waals surface area contributed by atoms with Gasteiger partial charge in [0, 0.05) is 55.2 Å². The van der Waals surface area contributed by atoms with Gasteiger partial charge in [-0.1, -0.05) is 0 Å². The van der Waals surface area contributed by atoms with Crippen molar-refractivity contribution in [3.8, 4) is 17.1 Å². The van der Waals surface area contributed by atoms with Crippen molar-refractivity contribution in [2.45, 2.75) is 20.4 Å². The first-order valence-corrected chi connectivity index (χ1v) is 11.1. The van der Waals surface area contributed by atoms with Gasteiger partial charge in [-0.2, -0.15) is 5.10 Å². The first kappa shape index (κ1) is 21.3. The summed E-state index contributed by atoms with van der Waals surface area (Å²) in [6.45, 7) is 9.14. The molecule has 4 aromatic heterocycles. The Kier molecular flexibility index (Phi) is 5.89. The molecule has 1 fully saturated rings. The van der Waals surface area contributed by atoms with Gasteiger partial charge in [-0.3, -0.25) is 19.5 Å². The number of H-pyrrole nitrogens is 1. The molecule has 0 aromatic carbocycles. The van der Waals surface area contributed by atoms with Crippen molar-refractivity contribution in [1.82, 2.24) is 29.6 Å². The number of hydrogen-bond donors (Lipinski definition) is 2. The van der Waals surface area contributed by atoms with Crippen LogP contribution in [0.25, 0.3) is 22.2 Å². The highest BCUT2D eigenvalue weighted by Gasteiger charge is 2.16. The molecular formula is C24H27N7O2. The third-order valence-electron chi connectivity index (χ3n) is 6.00. The van der Waals surface area contributed by atoms with Crippen LogP contribution < -0.4 is 0 Å². The third kappa shape index (κ3) is 4.50. The Morgan fingerprint density at radius 3 is 2.88 bits per heavy atom. The van der Waals surface area contributed by atoms with E-state index >= 15 is 0 Å². The van der Waals surface area contributed by atoms with Gasteiger partial charge in [0.2, 0.25) is 0 Å². The Balaban J connectivity index is 1.40. The molecule has 2 N–H and O–H groups in total. The Hall–Kier alpha value is -3.56. The normalized spacial score (nSPS) is 15.4. The minimum Gasteiger partial charge on any atom is -0.494 e. The van der Waals surface area contributed by atoms with Gasteiger partial charge in [0.1, 0.15) is 0 Å². The van der Waals surface area contributed by atoms with Crippen LogP contribution in [0.5, 0.6) is 5.88 Å². The lowest BCUT2D eigenvalue weighted by atomic mass is 10.0. The summed E-state index contributed by atoms with van der Waals surface area (Å²) in [7, 11) is 0. The number of aromatic hydroxyl groups is 1. The number of aliphatic imine (C=N–C) groups is 1. The SMILES string of the molecule is CC(=Nc1ccn(CCN2CCOCC2)n1)c1c(O)[nH]c2cnc(-c3cnccc3C)cc12. The minimum atomic E-state index is 0.0693. The largest absolute Gasteiger partial charge is 0.494 e. The number of aryl methyl sites for hydroxylation is 1. The molecule has 1 aliphatic heterocycles. The highest BCUT2D eigenvalue weighted by Crippen LogP contribution is 2.31. The molecule has 0 aliphatic carbocycles. The van der Waals surface area contributed by atoms with Crippen molar-refractivity contribution in [1.29, 1.82) is 0 Å². The number of nitrogens with one attached hydrogen (secondary N) is 1. The number of hydrogen-bond acceptors (Lipinski definition) is 7. The molecule has 0 spiro atoms. The number of fused-ring (bicyclic) bond motifs is 1. The van der Waals surface area contributed by atoms with Crippen LogP contribution in [-0.2, 0) is 11.3 Å².